The Kier molecular flexibility index (Phi) is 6.19. The van der Waals surface area contributed by atoms with Crippen molar-refractivity contribution in [1.29, 1.82) is 0 Å². The fraction of sp³-hybridized carbons (Fsp3) is 0.632. The monoisotopic (exact) mass is 379 g/mol. The summed E-state index contributed by atoms with van der Waals surface area (Å²) < 4.78 is 27.3. The maximum atomic E-state index is 12.9. The molecular weight excluding hydrogens is 350 g/mol. The Morgan fingerprint density at radius 2 is 1.65 bits per heavy atom. The molecule has 2 fully saturated rings. The van der Waals surface area contributed by atoms with Gasteiger partial charge in [-0.25, -0.2) is 13.2 Å². The summed E-state index contributed by atoms with van der Waals surface area (Å²) in [7, 11) is -3.50. The van der Waals surface area contributed by atoms with Crippen LogP contribution in [0.3, 0.4) is 0 Å². The first-order valence-corrected chi connectivity index (χ1v) is 11.1. The second kappa shape index (κ2) is 8.39. The minimum atomic E-state index is -3.50. The summed E-state index contributed by atoms with van der Waals surface area (Å²) in [5, 5.41) is 2.76. The van der Waals surface area contributed by atoms with Crippen LogP contribution in [0.15, 0.2) is 29.2 Å². The third-order valence-electron chi connectivity index (χ3n) is 5.45. The number of amides is 2. The summed E-state index contributed by atoms with van der Waals surface area (Å²) >= 11 is 0. The lowest BCUT2D eigenvalue weighted by molar-refractivity contribution is 0.173. The van der Waals surface area contributed by atoms with E-state index in [0.29, 0.717) is 43.5 Å². The van der Waals surface area contributed by atoms with E-state index in [9.17, 15) is 13.2 Å². The number of carbonyl (C=O) groups excluding carboxylic acids is 1. The van der Waals surface area contributed by atoms with Crippen molar-refractivity contribution < 1.29 is 13.2 Å². The summed E-state index contributed by atoms with van der Waals surface area (Å²) in [6.07, 6.45) is 6.24. The molecule has 7 heteroatoms. The summed E-state index contributed by atoms with van der Waals surface area (Å²) in [5.74, 6) is 0.570. The molecule has 6 nitrogen and oxygen atoms in total. The van der Waals surface area contributed by atoms with E-state index >= 15 is 0 Å². The molecular formula is C19H29N3O3S. The maximum absolute atomic E-state index is 12.9. The van der Waals surface area contributed by atoms with Crippen LogP contribution in [0.5, 0.6) is 0 Å². The van der Waals surface area contributed by atoms with E-state index in [1.54, 1.807) is 17.0 Å². The number of sulfonamides is 1. The van der Waals surface area contributed by atoms with Crippen molar-refractivity contribution in [1.82, 2.24) is 14.5 Å². The molecule has 26 heavy (non-hydrogen) atoms. The van der Waals surface area contributed by atoms with Crippen molar-refractivity contribution in [2.75, 3.05) is 32.7 Å². The molecule has 1 aromatic rings. The van der Waals surface area contributed by atoms with Crippen molar-refractivity contribution in [2.24, 2.45) is 0 Å². The molecule has 1 saturated carbocycles. The predicted octanol–water partition coefficient (Wildman–Crippen LogP) is 2.77. The van der Waals surface area contributed by atoms with Crippen LogP contribution in [0, 0.1) is 0 Å². The Bertz CT molecular complexity index is 704. The first kappa shape index (κ1) is 19.2. The number of nitrogens with zero attached hydrogens (tertiary/aromatic N) is 2. The van der Waals surface area contributed by atoms with Crippen molar-refractivity contribution in [2.45, 2.75) is 49.8 Å². The minimum absolute atomic E-state index is 0.124. The Morgan fingerprint density at radius 1 is 1.04 bits per heavy atom. The Hall–Kier alpha value is -1.60. The zero-order chi connectivity index (χ0) is 18.6. The van der Waals surface area contributed by atoms with Gasteiger partial charge in [0, 0.05) is 32.7 Å². The molecule has 0 unspecified atom stereocenters. The van der Waals surface area contributed by atoms with Crippen LogP contribution in [0.2, 0.25) is 0 Å². The molecule has 0 spiro atoms. The molecule has 1 saturated heterocycles. The van der Waals surface area contributed by atoms with Gasteiger partial charge in [-0.05, 0) is 43.4 Å². The van der Waals surface area contributed by atoms with E-state index in [-0.39, 0.29) is 6.03 Å². The van der Waals surface area contributed by atoms with E-state index in [2.05, 4.69) is 5.32 Å². The van der Waals surface area contributed by atoms with Gasteiger partial charge in [-0.1, -0.05) is 31.4 Å². The number of hydrogen-bond donors (Lipinski definition) is 1. The molecule has 144 valence electrons. The highest BCUT2D eigenvalue weighted by molar-refractivity contribution is 7.89. The lowest BCUT2D eigenvalue weighted by Crippen LogP contribution is -2.53. The summed E-state index contributed by atoms with van der Waals surface area (Å²) in [5.41, 5.74) is 1.25. The van der Waals surface area contributed by atoms with Gasteiger partial charge in [0.15, 0.2) is 0 Å². The molecule has 1 aliphatic heterocycles. The normalized spacial score (nSPS) is 20.1. The number of nitrogens with one attached hydrogen (secondary N) is 1. The van der Waals surface area contributed by atoms with E-state index < -0.39 is 10.0 Å². The number of carbonyl (C=O) groups is 1. The van der Waals surface area contributed by atoms with Gasteiger partial charge in [-0.15, -0.1) is 0 Å². The van der Waals surface area contributed by atoms with Gasteiger partial charge in [0.25, 0.3) is 0 Å². The highest BCUT2D eigenvalue weighted by atomic mass is 32.2. The van der Waals surface area contributed by atoms with Gasteiger partial charge in [-0.2, -0.15) is 4.31 Å². The SMILES string of the molecule is CCNC(=O)N1CCN(S(=O)(=O)c2ccc(C3CCCCC3)cc2)CC1. The van der Waals surface area contributed by atoms with Crippen LogP contribution < -0.4 is 5.32 Å². The van der Waals surface area contributed by atoms with E-state index in [1.807, 2.05) is 19.1 Å². The smallest absolute Gasteiger partial charge is 0.317 e. The molecule has 1 aliphatic carbocycles. The van der Waals surface area contributed by atoms with Gasteiger partial charge in [-0.3, -0.25) is 0 Å². The number of urea groups is 1. The van der Waals surface area contributed by atoms with E-state index in [1.165, 1.54) is 42.0 Å². The number of hydrogen-bond acceptors (Lipinski definition) is 3. The van der Waals surface area contributed by atoms with Crippen molar-refractivity contribution >= 4 is 16.1 Å². The third kappa shape index (κ3) is 4.20. The summed E-state index contributed by atoms with van der Waals surface area (Å²) in [6.45, 7) is 3.96. The van der Waals surface area contributed by atoms with Crippen LogP contribution in [0.1, 0.15) is 50.5 Å². The minimum Gasteiger partial charge on any atom is -0.338 e. The molecule has 0 bridgehead atoms. The molecule has 1 aromatic carbocycles. The van der Waals surface area contributed by atoms with Crippen molar-refractivity contribution in [3.63, 3.8) is 0 Å². The maximum Gasteiger partial charge on any atom is 0.317 e. The molecule has 2 amide bonds. The summed E-state index contributed by atoms with van der Waals surface area (Å²) in [6, 6.07) is 7.33. The topological polar surface area (TPSA) is 69.7 Å². The second-order valence-electron chi connectivity index (χ2n) is 7.13. The molecule has 1 heterocycles. The fourth-order valence-electron chi connectivity index (χ4n) is 3.89. The van der Waals surface area contributed by atoms with Crippen molar-refractivity contribution in [3.8, 4) is 0 Å². The van der Waals surface area contributed by atoms with Crippen LogP contribution >= 0.6 is 0 Å². The lowest BCUT2D eigenvalue weighted by atomic mass is 9.84. The first-order chi connectivity index (χ1) is 12.5. The Balaban J connectivity index is 1.64. The standard InChI is InChI=1S/C19H29N3O3S/c1-2-20-19(23)21-12-14-22(15-13-21)26(24,25)18-10-8-17(9-11-18)16-6-4-3-5-7-16/h8-11,16H,2-7,12-15H2,1H3,(H,20,23). The highest BCUT2D eigenvalue weighted by Crippen LogP contribution is 2.33. The zero-order valence-electron chi connectivity index (χ0n) is 15.5. The van der Waals surface area contributed by atoms with Crippen LogP contribution in [-0.4, -0.2) is 56.4 Å². The van der Waals surface area contributed by atoms with Gasteiger partial charge in [0.1, 0.15) is 0 Å². The Labute approximate surface area is 156 Å². The van der Waals surface area contributed by atoms with Gasteiger partial charge in [0.05, 0.1) is 4.90 Å². The van der Waals surface area contributed by atoms with Crippen molar-refractivity contribution in [3.05, 3.63) is 29.8 Å². The molecule has 0 radical (unpaired) electrons. The molecule has 3 rings (SSSR count). The molecule has 0 atom stereocenters. The largest absolute Gasteiger partial charge is 0.338 e. The quantitative estimate of drug-likeness (QED) is 0.874. The molecule has 1 N–H and O–H groups in total. The average Bonchev–Trinajstić information content (AvgIpc) is 2.69. The molecule has 2 aliphatic rings. The fourth-order valence-corrected chi connectivity index (χ4v) is 5.31. The Morgan fingerprint density at radius 3 is 2.23 bits per heavy atom. The van der Waals surface area contributed by atoms with Gasteiger partial charge < -0.3 is 10.2 Å². The summed E-state index contributed by atoms with van der Waals surface area (Å²) in [4.78, 5) is 13.9. The number of piperazine rings is 1. The zero-order valence-corrected chi connectivity index (χ0v) is 16.3. The third-order valence-corrected chi connectivity index (χ3v) is 7.36. The van der Waals surface area contributed by atoms with E-state index in [4.69, 9.17) is 0 Å². The number of rotatable bonds is 4. The average molecular weight is 380 g/mol. The van der Waals surface area contributed by atoms with Crippen LogP contribution in [0.4, 0.5) is 4.79 Å². The lowest BCUT2D eigenvalue weighted by Gasteiger charge is -2.34. The highest BCUT2D eigenvalue weighted by Gasteiger charge is 2.30. The predicted molar refractivity (Wildman–Crippen MR) is 102 cm³/mol. The van der Waals surface area contributed by atoms with Gasteiger partial charge >= 0.3 is 6.03 Å². The van der Waals surface area contributed by atoms with Crippen LogP contribution in [-0.2, 0) is 10.0 Å². The van der Waals surface area contributed by atoms with Gasteiger partial charge in [0.2, 0.25) is 10.0 Å². The number of benzene rings is 1. The van der Waals surface area contributed by atoms with Crippen LogP contribution in [0.25, 0.3) is 0 Å². The second-order valence-corrected chi connectivity index (χ2v) is 9.07. The molecule has 0 aromatic heterocycles. The first-order valence-electron chi connectivity index (χ1n) is 9.65. The van der Waals surface area contributed by atoms with E-state index in [0.717, 1.165) is 0 Å².